The number of hydrogen-bond acceptors (Lipinski definition) is 6. The third kappa shape index (κ3) is 3.26. The van der Waals surface area contributed by atoms with Crippen LogP contribution in [0.15, 0.2) is 41.6 Å². The summed E-state index contributed by atoms with van der Waals surface area (Å²) in [5.41, 5.74) is 6.57. The summed E-state index contributed by atoms with van der Waals surface area (Å²) in [6.07, 6.45) is 2.92. The fourth-order valence-corrected chi connectivity index (χ4v) is 2.32. The maximum Gasteiger partial charge on any atom is 0.269 e. The largest absolute Gasteiger partial charge is 0.329 e. The van der Waals surface area contributed by atoms with Crippen LogP contribution in [0.4, 0.5) is 5.69 Å². The number of nitrogens with two attached hydrogens (primary N) is 1. The molecule has 0 atom stereocenters. The standard InChI is InChI=1S/C14H14N6O3.ClH/c15-5-6-19-13-12(7-17-19)14(21)18(9-16-13)8-10-1-3-11(4-2-10)20(22)23;/h1-4,7,9H,5-6,8,15H2;1H. The molecule has 0 unspecified atom stereocenters. The average molecular weight is 351 g/mol. The molecule has 0 amide bonds. The van der Waals surface area contributed by atoms with E-state index in [2.05, 4.69) is 10.1 Å². The summed E-state index contributed by atoms with van der Waals surface area (Å²) in [7, 11) is 0. The van der Waals surface area contributed by atoms with Gasteiger partial charge in [-0.2, -0.15) is 5.10 Å². The molecule has 24 heavy (non-hydrogen) atoms. The summed E-state index contributed by atoms with van der Waals surface area (Å²) in [5.74, 6) is 0. The molecule has 126 valence electrons. The Morgan fingerprint density at radius 3 is 2.58 bits per heavy atom. The van der Waals surface area contributed by atoms with Crippen molar-refractivity contribution in [1.29, 1.82) is 0 Å². The molecule has 0 aliphatic carbocycles. The van der Waals surface area contributed by atoms with Gasteiger partial charge in [0.25, 0.3) is 11.2 Å². The second kappa shape index (κ2) is 7.20. The Morgan fingerprint density at radius 2 is 1.96 bits per heavy atom. The summed E-state index contributed by atoms with van der Waals surface area (Å²) < 4.78 is 3.03. The highest BCUT2D eigenvalue weighted by atomic mass is 35.5. The van der Waals surface area contributed by atoms with Crippen molar-refractivity contribution in [3.05, 3.63) is 62.8 Å². The Morgan fingerprint density at radius 1 is 1.25 bits per heavy atom. The molecule has 0 spiro atoms. The number of hydrogen-bond donors (Lipinski definition) is 1. The number of fused-ring (bicyclic) bond motifs is 1. The van der Waals surface area contributed by atoms with Crippen molar-refractivity contribution < 1.29 is 4.92 Å². The molecule has 3 aromatic rings. The smallest absolute Gasteiger partial charge is 0.269 e. The van der Waals surface area contributed by atoms with Crippen molar-refractivity contribution in [2.45, 2.75) is 13.1 Å². The van der Waals surface area contributed by atoms with E-state index < -0.39 is 4.92 Å². The van der Waals surface area contributed by atoms with Crippen molar-refractivity contribution >= 4 is 29.1 Å². The van der Waals surface area contributed by atoms with E-state index in [4.69, 9.17) is 5.73 Å². The predicted molar refractivity (Wildman–Crippen MR) is 90.3 cm³/mol. The molecule has 2 N–H and O–H groups in total. The molecule has 2 heterocycles. The molecule has 0 fully saturated rings. The minimum Gasteiger partial charge on any atom is -0.329 e. The minimum absolute atomic E-state index is 0. The number of nitro benzene ring substituents is 1. The summed E-state index contributed by atoms with van der Waals surface area (Å²) in [6, 6.07) is 6.05. The van der Waals surface area contributed by atoms with Crippen molar-refractivity contribution in [1.82, 2.24) is 19.3 Å². The first-order valence-corrected chi connectivity index (χ1v) is 6.94. The maximum absolute atomic E-state index is 12.5. The first-order valence-electron chi connectivity index (χ1n) is 6.94. The summed E-state index contributed by atoms with van der Waals surface area (Å²) >= 11 is 0. The van der Waals surface area contributed by atoms with Gasteiger partial charge in [0.2, 0.25) is 0 Å². The Kier molecular flexibility index (Phi) is 5.27. The summed E-state index contributed by atoms with van der Waals surface area (Å²) in [6.45, 7) is 1.18. The summed E-state index contributed by atoms with van der Waals surface area (Å²) in [5, 5.41) is 15.2. The molecule has 0 aliphatic heterocycles. The van der Waals surface area contributed by atoms with E-state index in [9.17, 15) is 14.9 Å². The van der Waals surface area contributed by atoms with Crippen LogP contribution in [0, 0.1) is 10.1 Å². The molecule has 9 nitrogen and oxygen atoms in total. The zero-order valence-corrected chi connectivity index (χ0v) is 13.3. The Balaban J connectivity index is 0.00000208. The lowest BCUT2D eigenvalue weighted by molar-refractivity contribution is -0.384. The second-order valence-electron chi connectivity index (χ2n) is 4.99. The molecule has 10 heteroatoms. The molecule has 1 aromatic carbocycles. The normalized spacial score (nSPS) is 10.5. The van der Waals surface area contributed by atoms with Crippen LogP contribution in [0.25, 0.3) is 11.0 Å². The average Bonchev–Trinajstić information content (AvgIpc) is 2.95. The zero-order valence-electron chi connectivity index (χ0n) is 12.5. The minimum atomic E-state index is -0.463. The first-order chi connectivity index (χ1) is 11.1. The molecule has 0 bridgehead atoms. The number of nitrogens with zero attached hydrogens (tertiary/aromatic N) is 5. The van der Waals surface area contributed by atoms with E-state index in [1.807, 2.05) is 0 Å². The monoisotopic (exact) mass is 350 g/mol. The van der Waals surface area contributed by atoms with Crippen LogP contribution in [0.2, 0.25) is 0 Å². The zero-order chi connectivity index (χ0) is 16.4. The topological polar surface area (TPSA) is 122 Å². The van der Waals surface area contributed by atoms with Crippen molar-refractivity contribution in [3.63, 3.8) is 0 Å². The number of aromatic nitrogens is 4. The number of nitro groups is 1. The van der Waals surface area contributed by atoms with Gasteiger partial charge in [0.15, 0.2) is 5.65 Å². The van der Waals surface area contributed by atoms with Crippen LogP contribution in [0.1, 0.15) is 5.56 Å². The Hall–Kier alpha value is -2.78. The van der Waals surface area contributed by atoms with E-state index in [-0.39, 0.29) is 30.2 Å². The molecule has 3 rings (SSSR count). The van der Waals surface area contributed by atoms with E-state index >= 15 is 0 Å². The highest BCUT2D eigenvalue weighted by Crippen LogP contribution is 2.13. The van der Waals surface area contributed by atoms with Crippen molar-refractivity contribution in [2.75, 3.05) is 6.54 Å². The number of rotatable bonds is 5. The SMILES string of the molecule is Cl.NCCn1ncc2c(=O)n(Cc3ccc([N+](=O)[O-])cc3)cnc21. The van der Waals surface area contributed by atoms with Crippen LogP contribution in [0.3, 0.4) is 0 Å². The maximum atomic E-state index is 12.5. The lowest BCUT2D eigenvalue weighted by Gasteiger charge is -2.06. The molecule has 0 saturated heterocycles. The van der Waals surface area contributed by atoms with E-state index in [0.29, 0.717) is 24.1 Å². The van der Waals surface area contributed by atoms with Gasteiger partial charge in [-0.1, -0.05) is 12.1 Å². The van der Waals surface area contributed by atoms with Gasteiger partial charge in [-0.15, -0.1) is 12.4 Å². The predicted octanol–water partition coefficient (Wildman–Crippen LogP) is 0.930. The Bertz CT molecular complexity index is 918. The van der Waals surface area contributed by atoms with Gasteiger partial charge >= 0.3 is 0 Å². The number of non-ortho nitro benzene ring substituents is 1. The fourth-order valence-electron chi connectivity index (χ4n) is 2.32. The highest BCUT2D eigenvalue weighted by Gasteiger charge is 2.10. The van der Waals surface area contributed by atoms with Crippen LogP contribution in [-0.2, 0) is 13.1 Å². The molecular formula is C14H15ClN6O3. The lowest BCUT2D eigenvalue weighted by Crippen LogP contribution is -2.21. The van der Waals surface area contributed by atoms with Crippen LogP contribution in [0.5, 0.6) is 0 Å². The summed E-state index contributed by atoms with van der Waals surface area (Å²) in [4.78, 5) is 26.9. The van der Waals surface area contributed by atoms with Crippen LogP contribution < -0.4 is 11.3 Å². The third-order valence-electron chi connectivity index (χ3n) is 3.46. The van der Waals surface area contributed by atoms with Crippen molar-refractivity contribution in [3.8, 4) is 0 Å². The molecule has 0 radical (unpaired) electrons. The van der Waals surface area contributed by atoms with E-state index in [0.717, 1.165) is 5.56 Å². The highest BCUT2D eigenvalue weighted by molar-refractivity contribution is 5.85. The first kappa shape index (κ1) is 17.6. The number of benzene rings is 1. The van der Waals surface area contributed by atoms with Gasteiger partial charge in [0.1, 0.15) is 11.7 Å². The Labute approximate surface area is 142 Å². The van der Waals surface area contributed by atoms with Gasteiger partial charge in [-0.25, -0.2) is 9.67 Å². The third-order valence-corrected chi connectivity index (χ3v) is 3.46. The van der Waals surface area contributed by atoms with Gasteiger partial charge in [-0.05, 0) is 5.56 Å². The molecule has 0 saturated carbocycles. The van der Waals surface area contributed by atoms with Crippen LogP contribution in [-0.4, -0.2) is 30.8 Å². The fraction of sp³-hybridized carbons (Fsp3) is 0.214. The van der Waals surface area contributed by atoms with Gasteiger partial charge in [0.05, 0.1) is 24.2 Å². The molecular weight excluding hydrogens is 336 g/mol. The van der Waals surface area contributed by atoms with Gasteiger partial charge in [0, 0.05) is 18.7 Å². The molecule has 2 aromatic heterocycles. The second-order valence-corrected chi connectivity index (χ2v) is 4.99. The quantitative estimate of drug-likeness (QED) is 0.539. The lowest BCUT2D eigenvalue weighted by atomic mass is 10.2. The van der Waals surface area contributed by atoms with Crippen molar-refractivity contribution in [2.24, 2.45) is 5.73 Å². The van der Waals surface area contributed by atoms with Gasteiger partial charge in [-0.3, -0.25) is 19.5 Å². The van der Waals surface area contributed by atoms with E-state index in [1.165, 1.54) is 29.2 Å². The van der Waals surface area contributed by atoms with Crippen LogP contribution >= 0.6 is 12.4 Å². The molecule has 0 aliphatic rings. The van der Waals surface area contributed by atoms with Gasteiger partial charge < -0.3 is 5.73 Å². The van der Waals surface area contributed by atoms with E-state index in [1.54, 1.807) is 16.8 Å². The number of halogens is 1.